The minimum atomic E-state index is -0.398. The Morgan fingerprint density at radius 2 is 1.35 bits per heavy atom. The van der Waals surface area contributed by atoms with Crippen molar-refractivity contribution in [2.45, 2.75) is 39.5 Å². The zero-order valence-corrected chi connectivity index (χ0v) is 10.4. The Morgan fingerprint density at radius 3 is 1.59 bits per heavy atom. The molecule has 0 bridgehead atoms. The maximum Gasteiger partial charge on any atom is 0.314 e. The predicted molar refractivity (Wildman–Crippen MR) is 65.5 cm³/mol. The lowest BCUT2D eigenvalue weighted by atomic mass is 10.0. The fraction of sp³-hybridized carbons (Fsp3) is 0.429. The molecule has 1 aromatic carbocycles. The highest BCUT2D eigenvalue weighted by atomic mass is 16.6. The fourth-order valence-electron chi connectivity index (χ4n) is 1.68. The van der Waals surface area contributed by atoms with E-state index in [9.17, 15) is 9.59 Å². The van der Waals surface area contributed by atoms with E-state index in [2.05, 4.69) is 42.8 Å². The summed E-state index contributed by atoms with van der Waals surface area (Å²) in [6.07, 6.45) is 2.84. The number of rotatable bonds is 2. The Kier molecular flexibility index (Phi) is 5.40. The van der Waals surface area contributed by atoms with Crippen LogP contribution in [0, 0.1) is 0 Å². The molecule has 0 radical (unpaired) electrons. The molecule has 0 aliphatic carbocycles. The molecule has 17 heavy (non-hydrogen) atoms. The summed E-state index contributed by atoms with van der Waals surface area (Å²) < 4.78 is 4.08. The lowest BCUT2D eigenvalue weighted by Gasteiger charge is -2.02. The molecule has 1 saturated heterocycles. The number of hydrogen-bond acceptors (Lipinski definition) is 3. The number of ether oxygens (including phenoxy) is 1. The van der Waals surface area contributed by atoms with Crippen molar-refractivity contribution < 1.29 is 14.3 Å². The summed E-state index contributed by atoms with van der Waals surface area (Å²) in [4.78, 5) is 20.0. The smallest absolute Gasteiger partial charge is 0.314 e. The van der Waals surface area contributed by atoms with Gasteiger partial charge in [0.15, 0.2) is 0 Å². The van der Waals surface area contributed by atoms with Crippen LogP contribution in [0.1, 0.15) is 37.8 Å². The molecule has 1 aliphatic rings. The second-order valence-electron chi connectivity index (χ2n) is 3.82. The van der Waals surface area contributed by atoms with E-state index in [-0.39, 0.29) is 12.8 Å². The van der Waals surface area contributed by atoms with Gasteiger partial charge in [0.2, 0.25) is 0 Å². The zero-order valence-electron chi connectivity index (χ0n) is 10.4. The lowest BCUT2D eigenvalue weighted by molar-refractivity contribution is -0.151. The average Bonchev–Trinajstić information content (AvgIpc) is 2.73. The van der Waals surface area contributed by atoms with Gasteiger partial charge in [-0.25, -0.2) is 0 Å². The number of esters is 2. The van der Waals surface area contributed by atoms with E-state index < -0.39 is 11.9 Å². The van der Waals surface area contributed by atoms with E-state index in [1.807, 2.05) is 0 Å². The first kappa shape index (κ1) is 13.4. The van der Waals surface area contributed by atoms with Gasteiger partial charge in [-0.15, -0.1) is 0 Å². The maximum atomic E-state index is 10.0. The first-order valence-corrected chi connectivity index (χ1v) is 5.97. The van der Waals surface area contributed by atoms with Crippen molar-refractivity contribution in [2.24, 2.45) is 0 Å². The Hall–Kier alpha value is -1.64. The van der Waals surface area contributed by atoms with Gasteiger partial charge in [0, 0.05) is 0 Å². The zero-order chi connectivity index (χ0) is 12.7. The topological polar surface area (TPSA) is 43.4 Å². The molecule has 3 heteroatoms. The first-order chi connectivity index (χ1) is 8.17. The predicted octanol–water partition coefficient (Wildman–Crippen LogP) is 2.66. The van der Waals surface area contributed by atoms with E-state index >= 15 is 0 Å². The average molecular weight is 234 g/mol. The maximum absolute atomic E-state index is 10.0. The van der Waals surface area contributed by atoms with Crippen LogP contribution in [0.3, 0.4) is 0 Å². The summed E-state index contributed by atoms with van der Waals surface area (Å²) in [5.74, 6) is -0.796. The van der Waals surface area contributed by atoms with Crippen molar-refractivity contribution in [1.82, 2.24) is 0 Å². The molecule has 0 spiro atoms. The summed E-state index contributed by atoms with van der Waals surface area (Å²) >= 11 is 0. The minimum Gasteiger partial charge on any atom is -0.393 e. The Bertz CT molecular complexity index is 359. The molecule has 92 valence electrons. The summed E-state index contributed by atoms with van der Waals surface area (Å²) in [6.45, 7) is 4.41. The second-order valence-corrected chi connectivity index (χ2v) is 3.82. The van der Waals surface area contributed by atoms with E-state index in [4.69, 9.17) is 0 Å². The fourth-order valence-corrected chi connectivity index (χ4v) is 1.68. The monoisotopic (exact) mass is 234 g/mol. The molecule has 0 N–H and O–H groups in total. The Balaban J connectivity index is 0.000000181. The highest BCUT2D eigenvalue weighted by molar-refractivity contribution is 5.92. The molecule has 1 aliphatic heterocycles. The third-order valence-corrected chi connectivity index (χ3v) is 2.64. The van der Waals surface area contributed by atoms with E-state index in [0.717, 1.165) is 12.8 Å². The van der Waals surface area contributed by atoms with Crippen LogP contribution in [0.25, 0.3) is 0 Å². The molecule has 1 aromatic rings. The number of carbonyl (C=O) groups is 2. The first-order valence-electron chi connectivity index (χ1n) is 5.97. The third kappa shape index (κ3) is 4.39. The molecule has 0 unspecified atom stereocenters. The largest absolute Gasteiger partial charge is 0.393 e. The van der Waals surface area contributed by atoms with Crippen LogP contribution in [-0.2, 0) is 27.2 Å². The Labute approximate surface area is 102 Å². The van der Waals surface area contributed by atoms with Crippen molar-refractivity contribution in [2.75, 3.05) is 0 Å². The molecule has 1 heterocycles. The van der Waals surface area contributed by atoms with Gasteiger partial charge in [-0.05, 0) is 24.0 Å². The van der Waals surface area contributed by atoms with Crippen molar-refractivity contribution in [3.05, 3.63) is 35.4 Å². The van der Waals surface area contributed by atoms with E-state index in [1.165, 1.54) is 11.1 Å². The third-order valence-electron chi connectivity index (χ3n) is 2.64. The summed E-state index contributed by atoms with van der Waals surface area (Å²) in [7, 11) is 0. The molecule has 0 atom stereocenters. The number of cyclic esters (lactones) is 2. The number of hydrogen-bond donors (Lipinski definition) is 0. The number of benzene rings is 1. The summed E-state index contributed by atoms with van der Waals surface area (Å²) in [6, 6.07) is 8.63. The lowest BCUT2D eigenvalue weighted by Crippen LogP contribution is -1.94. The van der Waals surface area contributed by atoms with Crippen LogP contribution in [0.15, 0.2) is 24.3 Å². The van der Waals surface area contributed by atoms with Crippen LogP contribution in [-0.4, -0.2) is 11.9 Å². The van der Waals surface area contributed by atoms with Crippen molar-refractivity contribution in [1.29, 1.82) is 0 Å². The molecule has 0 aromatic heterocycles. The molecular formula is C14H18O3. The van der Waals surface area contributed by atoms with Crippen LogP contribution >= 0.6 is 0 Å². The van der Waals surface area contributed by atoms with Gasteiger partial charge in [-0.1, -0.05) is 38.1 Å². The van der Waals surface area contributed by atoms with E-state index in [0.29, 0.717) is 0 Å². The van der Waals surface area contributed by atoms with Crippen LogP contribution < -0.4 is 0 Å². The van der Waals surface area contributed by atoms with Crippen molar-refractivity contribution in [3.8, 4) is 0 Å². The molecule has 0 saturated carbocycles. The van der Waals surface area contributed by atoms with Gasteiger partial charge in [-0.3, -0.25) is 9.59 Å². The SMILES string of the molecule is CCc1ccccc1CC.O=C1CCC(=O)O1. The number of carbonyl (C=O) groups excluding carboxylic acids is 2. The standard InChI is InChI=1S/C10H14.C4H4O3/c1-3-9-7-5-6-8-10(9)4-2;5-3-1-2-4(6)7-3/h5-8H,3-4H2,1-2H3;1-2H2. The van der Waals surface area contributed by atoms with Gasteiger partial charge < -0.3 is 4.74 Å². The molecule has 1 fully saturated rings. The summed E-state index contributed by atoms with van der Waals surface area (Å²) in [5, 5.41) is 0. The van der Waals surface area contributed by atoms with Crippen molar-refractivity contribution in [3.63, 3.8) is 0 Å². The van der Waals surface area contributed by atoms with Crippen LogP contribution in [0.2, 0.25) is 0 Å². The van der Waals surface area contributed by atoms with E-state index in [1.54, 1.807) is 0 Å². The van der Waals surface area contributed by atoms with Crippen LogP contribution in [0.4, 0.5) is 0 Å². The van der Waals surface area contributed by atoms with Gasteiger partial charge >= 0.3 is 11.9 Å². The molecule has 0 amide bonds. The van der Waals surface area contributed by atoms with Gasteiger partial charge in [0.05, 0.1) is 12.8 Å². The quantitative estimate of drug-likeness (QED) is 0.583. The minimum absolute atomic E-state index is 0.263. The number of aryl methyl sites for hydroxylation is 2. The summed E-state index contributed by atoms with van der Waals surface area (Å²) in [5.41, 5.74) is 2.98. The van der Waals surface area contributed by atoms with Crippen molar-refractivity contribution >= 4 is 11.9 Å². The van der Waals surface area contributed by atoms with Gasteiger partial charge in [-0.2, -0.15) is 0 Å². The molecule has 3 nitrogen and oxygen atoms in total. The highest BCUT2D eigenvalue weighted by Gasteiger charge is 2.19. The molecule has 2 rings (SSSR count). The second kappa shape index (κ2) is 6.84. The molecular weight excluding hydrogens is 216 g/mol. The van der Waals surface area contributed by atoms with Gasteiger partial charge in [0.1, 0.15) is 0 Å². The van der Waals surface area contributed by atoms with Gasteiger partial charge in [0.25, 0.3) is 0 Å². The highest BCUT2D eigenvalue weighted by Crippen LogP contribution is 2.09. The van der Waals surface area contributed by atoms with Crippen LogP contribution in [0.5, 0.6) is 0 Å². The normalized spacial score (nSPS) is 14.0. The Morgan fingerprint density at radius 1 is 0.941 bits per heavy atom.